The van der Waals surface area contributed by atoms with Gasteiger partial charge in [-0.1, -0.05) is 6.07 Å². The van der Waals surface area contributed by atoms with Gasteiger partial charge in [0.2, 0.25) is 0 Å². The number of carbonyl (C=O) groups excluding carboxylic acids is 1. The molecule has 0 fully saturated rings. The average Bonchev–Trinajstić information content (AvgIpc) is 2.47. The van der Waals surface area contributed by atoms with E-state index >= 15 is 0 Å². The third kappa shape index (κ3) is 3.08. The van der Waals surface area contributed by atoms with Crippen molar-refractivity contribution in [2.24, 2.45) is 0 Å². The van der Waals surface area contributed by atoms with Crippen molar-refractivity contribution >= 4 is 23.1 Å². The molecular weight excluding hydrogens is 260 g/mol. The maximum Gasteiger partial charge on any atom is 0.326 e. The van der Waals surface area contributed by atoms with Crippen LogP contribution in [0.15, 0.2) is 48.8 Å². The summed E-state index contributed by atoms with van der Waals surface area (Å²) in [4.78, 5) is 27.4. The van der Waals surface area contributed by atoms with E-state index in [0.717, 1.165) is 0 Å². The van der Waals surface area contributed by atoms with Gasteiger partial charge in [0.1, 0.15) is 0 Å². The van der Waals surface area contributed by atoms with E-state index in [0.29, 0.717) is 11.4 Å². The second kappa shape index (κ2) is 5.79. The quantitative estimate of drug-likeness (QED) is 0.687. The Morgan fingerprint density at radius 2 is 2.15 bits per heavy atom. The maximum atomic E-state index is 12.0. The van der Waals surface area contributed by atoms with Gasteiger partial charge in [-0.3, -0.25) is 20.0 Å². The number of carbonyl (C=O) groups is 1. The second-order valence-electron chi connectivity index (χ2n) is 4.01. The molecular formula is C13H12N4O3. The van der Waals surface area contributed by atoms with Gasteiger partial charge in [-0.15, -0.1) is 0 Å². The fourth-order valence-corrected chi connectivity index (χ4v) is 1.58. The first-order valence-electron chi connectivity index (χ1n) is 5.77. The minimum atomic E-state index is -0.504. The van der Waals surface area contributed by atoms with E-state index in [1.165, 1.54) is 36.3 Å². The number of amides is 2. The summed E-state index contributed by atoms with van der Waals surface area (Å²) in [6.07, 6.45) is 3.11. The van der Waals surface area contributed by atoms with Crippen molar-refractivity contribution in [3.8, 4) is 0 Å². The average molecular weight is 272 g/mol. The zero-order valence-electron chi connectivity index (χ0n) is 10.7. The summed E-state index contributed by atoms with van der Waals surface area (Å²) < 4.78 is 0. The lowest BCUT2D eigenvalue weighted by atomic mass is 10.2. The highest BCUT2D eigenvalue weighted by molar-refractivity contribution is 6.01. The van der Waals surface area contributed by atoms with E-state index in [1.54, 1.807) is 24.4 Å². The summed E-state index contributed by atoms with van der Waals surface area (Å²) in [5.74, 6) is 0. The van der Waals surface area contributed by atoms with Crippen molar-refractivity contribution in [1.29, 1.82) is 0 Å². The monoisotopic (exact) mass is 272 g/mol. The molecule has 7 heteroatoms. The Bertz CT molecular complexity index is 631. The molecule has 2 amide bonds. The van der Waals surface area contributed by atoms with Crippen LogP contribution in [-0.2, 0) is 0 Å². The van der Waals surface area contributed by atoms with Crippen molar-refractivity contribution in [3.05, 3.63) is 58.9 Å². The number of nitrogens with one attached hydrogen (secondary N) is 1. The van der Waals surface area contributed by atoms with Crippen LogP contribution in [0.1, 0.15) is 0 Å². The molecule has 2 aromatic rings. The van der Waals surface area contributed by atoms with Crippen LogP contribution >= 0.6 is 0 Å². The molecule has 0 radical (unpaired) electrons. The van der Waals surface area contributed by atoms with Crippen molar-refractivity contribution in [3.63, 3.8) is 0 Å². The largest absolute Gasteiger partial charge is 0.326 e. The van der Waals surface area contributed by atoms with Crippen LogP contribution in [0, 0.1) is 10.1 Å². The van der Waals surface area contributed by atoms with Crippen LogP contribution in [-0.4, -0.2) is 23.0 Å². The fraction of sp³-hybridized carbons (Fsp3) is 0.0769. The Balaban J connectivity index is 2.14. The van der Waals surface area contributed by atoms with E-state index in [4.69, 9.17) is 0 Å². The maximum absolute atomic E-state index is 12.0. The van der Waals surface area contributed by atoms with Crippen LogP contribution in [0.25, 0.3) is 0 Å². The lowest BCUT2D eigenvalue weighted by Crippen LogP contribution is -2.31. The highest BCUT2D eigenvalue weighted by Gasteiger charge is 2.14. The van der Waals surface area contributed by atoms with Gasteiger partial charge in [0.25, 0.3) is 5.69 Å². The van der Waals surface area contributed by atoms with Gasteiger partial charge in [-0.2, -0.15) is 0 Å². The van der Waals surface area contributed by atoms with Gasteiger partial charge in [0.15, 0.2) is 0 Å². The van der Waals surface area contributed by atoms with Crippen LogP contribution in [0.2, 0.25) is 0 Å². The topological polar surface area (TPSA) is 88.4 Å². The Morgan fingerprint density at radius 3 is 2.80 bits per heavy atom. The third-order valence-corrected chi connectivity index (χ3v) is 2.65. The summed E-state index contributed by atoms with van der Waals surface area (Å²) in [5.41, 5.74) is 0.916. The van der Waals surface area contributed by atoms with Crippen molar-refractivity contribution < 1.29 is 9.72 Å². The van der Waals surface area contributed by atoms with E-state index < -0.39 is 11.0 Å². The number of hydrogen-bond acceptors (Lipinski definition) is 4. The van der Waals surface area contributed by atoms with Gasteiger partial charge in [-0.05, 0) is 18.2 Å². The molecule has 1 aromatic heterocycles. The van der Waals surface area contributed by atoms with Gasteiger partial charge in [0, 0.05) is 25.4 Å². The normalized spacial score (nSPS) is 9.85. The number of urea groups is 1. The molecule has 0 aliphatic carbocycles. The Morgan fingerprint density at radius 1 is 1.35 bits per heavy atom. The Labute approximate surface area is 115 Å². The Hall–Kier alpha value is -2.96. The van der Waals surface area contributed by atoms with E-state index in [9.17, 15) is 14.9 Å². The van der Waals surface area contributed by atoms with Crippen LogP contribution in [0.3, 0.4) is 0 Å². The highest BCUT2D eigenvalue weighted by Crippen LogP contribution is 2.20. The minimum Gasteiger partial charge on any atom is -0.306 e. The van der Waals surface area contributed by atoms with Gasteiger partial charge >= 0.3 is 6.03 Å². The molecule has 102 valence electrons. The first-order chi connectivity index (χ1) is 9.58. The SMILES string of the molecule is CN(C(=O)Nc1cccnc1)c1cccc([N+](=O)[O-])c1. The zero-order chi connectivity index (χ0) is 14.5. The van der Waals surface area contributed by atoms with Crippen molar-refractivity contribution in [2.45, 2.75) is 0 Å². The van der Waals surface area contributed by atoms with Crippen molar-refractivity contribution in [1.82, 2.24) is 4.98 Å². The third-order valence-electron chi connectivity index (χ3n) is 2.65. The van der Waals surface area contributed by atoms with Crippen LogP contribution < -0.4 is 10.2 Å². The minimum absolute atomic E-state index is 0.0662. The number of nitrogens with zero attached hydrogens (tertiary/aromatic N) is 3. The number of non-ortho nitro benzene ring substituents is 1. The molecule has 2 rings (SSSR count). The number of benzene rings is 1. The number of rotatable bonds is 3. The summed E-state index contributed by atoms with van der Waals surface area (Å²) >= 11 is 0. The number of anilines is 2. The summed E-state index contributed by atoms with van der Waals surface area (Å²) in [7, 11) is 1.53. The molecule has 0 bridgehead atoms. The van der Waals surface area contributed by atoms with Crippen molar-refractivity contribution in [2.75, 3.05) is 17.3 Å². The molecule has 0 saturated carbocycles. The number of pyridine rings is 1. The van der Waals surface area contributed by atoms with E-state index in [1.807, 2.05) is 0 Å². The molecule has 20 heavy (non-hydrogen) atoms. The lowest BCUT2D eigenvalue weighted by Gasteiger charge is -2.17. The Kier molecular flexibility index (Phi) is 3.90. The van der Waals surface area contributed by atoms with Gasteiger partial charge in [0.05, 0.1) is 22.5 Å². The molecule has 1 aromatic carbocycles. The predicted octanol–water partition coefficient (Wildman–Crippen LogP) is 2.66. The van der Waals surface area contributed by atoms with Gasteiger partial charge in [-0.25, -0.2) is 4.79 Å². The highest BCUT2D eigenvalue weighted by atomic mass is 16.6. The van der Waals surface area contributed by atoms with E-state index in [2.05, 4.69) is 10.3 Å². The molecule has 7 nitrogen and oxygen atoms in total. The molecule has 0 unspecified atom stereocenters. The lowest BCUT2D eigenvalue weighted by molar-refractivity contribution is -0.384. The standard InChI is InChI=1S/C13H12N4O3/c1-16(11-5-2-6-12(8-11)17(19)20)13(18)15-10-4-3-7-14-9-10/h2-9H,1H3,(H,15,18). The number of aromatic nitrogens is 1. The molecule has 0 aliphatic rings. The van der Waals surface area contributed by atoms with Crippen LogP contribution in [0.4, 0.5) is 21.9 Å². The smallest absolute Gasteiger partial charge is 0.306 e. The summed E-state index contributed by atoms with van der Waals surface area (Å²) in [6, 6.07) is 8.85. The molecule has 0 atom stereocenters. The number of nitro benzene ring substituents is 1. The first-order valence-corrected chi connectivity index (χ1v) is 5.77. The predicted molar refractivity (Wildman–Crippen MR) is 74.8 cm³/mol. The summed E-state index contributed by atoms with van der Waals surface area (Å²) in [5, 5.41) is 13.4. The summed E-state index contributed by atoms with van der Waals surface area (Å²) in [6.45, 7) is 0. The van der Waals surface area contributed by atoms with E-state index in [-0.39, 0.29) is 5.69 Å². The molecule has 1 N–H and O–H groups in total. The first kappa shape index (κ1) is 13.5. The number of nitro groups is 1. The fourth-order valence-electron chi connectivity index (χ4n) is 1.58. The number of hydrogen-bond donors (Lipinski definition) is 1. The zero-order valence-corrected chi connectivity index (χ0v) is 10.7. The van der Waals surface area contributed by atoms with Crippen LogP contribution in [0.5, 0.6) is 0 Å². The molecule has 0 aliphatic heterocycles. The molecule has 0 spiro atoms. The van der Waals surface area contributed by atoms with Gasteiger partial charge < -0.3 is 5.32 Å². The molecule has 1 heterocycles. The molecule has 0 saturated heterocycles. The second-order valence-corrected chi connectivity index (χ2v) is 4.01.